The molecule has 0 radical (unpaired) electrons. The highest BCUT2D eigenvalue weighted by Gasteiger charge is 2.24. The highest BCUT2D eigenvalue weighted by atomic mass is 79.9. The zero-order valence-electron chi connectivity index (χ0n) is 55.3. The molecule has 0 aliphatic carbocycles. The summed E-state index contributed by atoms with van der Waals surface area (Å²) in [5.74, 6) is 3.73. The van der Waals surface area contributed by atoms with E-state index in [0.29, 0.717) is 35.2 Å². The van der Waals surface area contributed by atoms with Gasteiger partial charge in [-0.05, 0) is 107 Å². The van der Waals surface area contributed by atoms with Crippen LogP contribution < -0.4 is 0 Å². The van der Waals surface area contributed by atoms with Gasteiger partial charge in [-0.1, -0.05) is 279 Å². The first-order valence-corrected chi connectivity index (χ1v) is 34.8. The average molecular weight is 1370 g/mol. The van der Waals surface area contributed by atoms with Gasteiger partial charge in [0.15, 0.2) is 23.3 Å². The maximum atomic E-state index is 5.17. The van der Waals surface area contributed by atoms with Crippen molar-refractivity contribution in [2.24, 2.45) is 0 Å². The van der Waals surface area contributed by atoms with E-state index in [9.17, 15) is 0 Å². The van der Waals surface area contributed by atoms with Crippen LogP contribution in [0.2, 0.25) is 0 Å². The molecule has 20 aromatic rings. The zero-order valence-corrected chi connectivity index (χ0v) is 56.9. The van der Waals surface area contributed by atoms with Crippen LogP contribution in [0.1, 0.15) is 5.56 Å². The number of rotatable bonds is 9. The van der Waals surface area contributed by atoms with E-state index in [2.05, 4.69) is 266 Å². The Labute approximate surface area is 596 Å². The number of para-hydroxylation sites is 8. The molecule has 6 heterocycles. The molecular formula is C91H61BrN10. The average Bonchev–Trinajstić information content (AvgIpc) is 1.59. The first-order valence-electron chi connectivity index (χ1n) is 34.0. The van der Waals surface area contributed by atoms with Gasteiger partial charge < -0.3 is 9.13 Å². The maximum absolute atomic E-state index is 5.17. The number of benzene rings is 14. The Morgan fingerprint density at radius 2 is 0.539 bits per heavy atom. The van der Waals surface area contributed by atoms with Crippen LogP contribution in [0.25, 0.3) is 167 Å². The summed E-state index contributed by atoms with van der Waals surface area (Å²) in [6.07, 6.45) is 0. The van der Waals surface area contributed by atoms with Crippen molar-refractivity contribution in [1.29, 1.82) is 0 Å². The highest BCUT2D eigenvalue weighted by molar-refractivity contribution is 9.10. The molecule has 6 aromatic heterocycles. The van der Waals surface area contributed by atoms with Gasteiger partial charge in [0.05, 0.1) is 44.1 Å². The fourth-order valence-electron chi connectivity index (χ4n) is 14.4. The van der Waals surface area contributed by atoms with Crippen molar-refractivity contribution in [3.8, 4) is 79.9 Å². The summed E-state index contributed by atoms with van der Waals surface area (Å²) in [5.41, 5.74) is 18.8. The third kappa shape index (κ3) is 11.0. The minimum absolute atomic E-state index is 0.582. The van der Waals surface area contributed by atoms with Crippen molar-refractivity contribution >= 4 is 103 Å². The Kier molecular flexibility index (Phi) is 15.7. The van der Waals surface area contributed by atoms with Gasteiger partial charge in [0.2, 0.25) is 11.9 Å². The van der Waals surface area contributed by atoms with Crippen molar-refractivity contribution in [2.75, 3.05) is 0 Å². The predicted octanol–water partition coefficient (Wildman–Crippen LogP) is 23.2. The number of halogens is 1. The second kappa shape index (κ2) is 26.2. The standard InChI is InChI=1S/C45H29N5.C27H17BrN4.C19H15N/c1-4-15-30(16-5-1)43-46-44(31-17-6-2-7-18-31)48-45(47-43)50-40-26-13-10-21-35(40)37-24-14-23-34(42(37)50)32-27-28-41-38(29-32)36-22-11-12-25-39(36)49(41)33-19-8-3-9-20-33;28-22-16-9-15-21-20-14-7-8-17-23(20)32(24(21)22)27-30-25(18-10-3-1-4-11-18)29-26(31-27)19-12-5-2-6-13-19;1-14-11-12-19-17(13-14)16-9-5-6-10-18(16)20(19)15-7-3-2-4-8-15/h1-29H;1-17H;2-13H,1H3. The quantitative estimate of drug-likeness (QED) is 0.143. The second-order valence-electron chi connectivity index (χ2n) is 25.2. The van der Waals surface area contributed by atoms with E-state index >= 15 is 0 Å². The van der Waals surface area contributed by atoms with Gasteiger partial charge in [0.25, 0.3) is 0 Å². The van der Waals surface area contributed by atoms with Gasteiger partial charge in [0, 0.05) is 86.8 Å². The van der Waals surface area contributed by atoms with Crippen LogP contribution in [0.5, 0.6) is 0 Å². The molecular weight excluding hydrogens is 1310 g/mol. The molecule has 0 amide bonds. The van der Waals surface area contributed by atoms with Crippen LogP contribution >= 0.6 is 15.9 Å². The predicted molar refractivity (Wildman–Crippen MR) is 423 cm³/mol. The molecule has 0 spiro atoms. The Morgan fingerprint density at radius 3 is 0.971 bits per heavy atom. The Morgan fingerprint density at radius 1 is 0.225 bits per heavy atom. The topological polar surface area (TPSA) is 97.1 Å². The van der Waals surface area contributed by atoms with E-state index in [4.69, 9.17) is 29.9 Å². The third-order valence-corrected chi connectivity index (χ3v) is 19.6. The summed E-state index contributed by atoms with van der Waals surface area (Å²) < 4.78 is 10.0. The van der Waals surface area contributed by atoms with Gasteiger partial charge in [-0.3, -0.25) is 9.13 Å². The minimum atomic E-state index is 0.582. The SMILES string of the molecule is Brc1cccc2c3ccccc3n(-c3nc(-c4ccccc4)nc(-c4ccccc4)n3)c12.Cc1ccc2c(c1)c1ccccc1n2-c1ccccc1.c1ccc(-c2nc(-c3ccccc3)nc(-n3c4ccccc4c4cccc(-c5ccc6c(c5)c5ccccc5n6-c5ccccc5)c43)n2)cc1. The Bertz CT molecular complexity index is 6390. The van der Waals surface area contributed by atoms with Gasteiger partial charge >= 0.3 is 0 Å². The van der Waals surface area contributed by atoms with E-state index < -0.39 is 0 Å². The number of fused-ring (bicyclic) bond motifs is 12. The maximum Gasteiger partial charge on any atom is 0.238 e. The molecule has 0 N–H and O–H groups in total. The fraction of sp³-hybridized carbons (Fsp3) is 0.0110. The van der Waals surface area contributed by atoms with Crippen molar-refractivity contribution in [1.82, 2.24) is 48.2 Å². The molecule has 0 saturated carbocycles. The molecule has 0 atom stereocenters. The molecule has 0 aliphatic rings. The summed E-state index contributed by atoms with van der Waals surface area (Å²) in [4.78, 5) is 30.0. The first kappa shape index (κ1) is 61.1. The van der Waals surface area contributed by atoms with E-state index in [0.717, 1.165) is 87.2 Å². The van der Waals surface area contributed by atoms with E-state index in [-0.39, 0.29) is 0 Å². The highest BCUT2D eigenvalue weighted by Crippen LogP contribution is 2.42. The lowest BCUT2D eigenvalue weighted by molar-refractivity contribution is 0.952. The third-order valence-electron chi connectivity index (χ3n) is 19.0. The minimum Gasteiger partial charge on any atom is -0.309 e. The monoisotopic (exact) mass is 1370 g/mol. The molecule has 14 aromatic carbocycles. The molecule has 0 fully saturated rings. The van der Waals surface area contributed by atoms with E-state index in [1.165, 1.54) is 54.9 Å². The number of hydrogen-bond donors (Lipinski definition) is 0. The van der Waals surface area contributed by atoms with Crippen molar-refractivity contribution < 1.29 is 0 Å². The zero-order chi connectivity index (χ0) is 68.0. The van der Waals surface area contributed by atoms with Crippen LogP contribution in [0.15, 0.2) is 356 Å². The summed E-state index contributed by atoms with van der Waals surface area (Å²) >= 11 is 3.76. The molecule has 20 rings (SSSR count). The number of aromatic nitrogens is 10. The molecule has 0 aliphatic heterocycles. The first-order chi connectivity index (χ1) is 50.5. The Hall–Kier alpha value is -13.2. The molecule has 0 unspecified atom stereocenters. The van der Waals surface area contributed by atoms with Crippen molar-refractivity contribution in [3.63, 3.8) is 0 Å². The normalized spacial score (nSPS) is 11.4. The molecule has 11 heteroatoms. The lowest BCUT2D eigenvalue weighted by atomic mass is 10.00. The molecule has 482 valence electrons. The lowest BCUT2D eigenvalue weighted by Crippen LogP contribution is -2.06. The fourth-order valence-corrected chi connectivity index (χ4v) is 14.9. The summed E-state index contributed by atoms with van der Waals surface area (Å²) in [5, 5.41) is 9.67. The smallest absolute Gasteiger partial charge is 0.238 e. The van der Waals surface area contributed by atoms with Crippen LogP contribution in [-0.2, 0) is 0 Å². The van der Waals surface area contributed by atoms with Crippen molar-refractivity contribution in [2.45, 2.75) is 6.92 Å². The summed E-state index contributed by atoms with van der Waals surface area (Å²) in [7, 11) is 0. The van der Waals surface area contributed by atoms with E-state index in [1.807, 2.05) is 127 Å². The molecule has 102 heavy (non-hydrogen) atoms. The van der Waals surface area contributed by atoms with Crippen LogP contribution in [0, 0.1) is 6.92 Å². The molecule has 0 saturated heterocycles. The number of aryl methyl sites for hydroxylation is 1. The van der Waals surface area contributed by atoms with Crippen molar-refractivity contribution in [3.05, 3.63) is 362 Å². The van der Waals surface area contributed by atoms with Crippen LogP contribution in [0.4, 0.5) is 0 Å². The Balaban J connectivity index is 0.000000122. The van der Waals surface area contributed by atoms with Gasteiger partial charge in [0.1, 0.15) is 0 Å². The van der Waals surface area contributed by atoms with E-state index in [1.54, 1.807) is 0 Å². The van der Waals surface area contributed by atoms with Gasteiger partial charge in [-0.15, -0.1) is 0 Å². The van der Waals surface area contributed by atoms with Gasteiger partial charge in [-0.2, -0.15) is 19.9 Å². The summed E-state index contributed by atoms with van der Waals surface area (Å²) in [6, 6.07) is 122. The molecule has 0 bridgehead atoms. The summed E-state index contributed by atoms with van der Waals surface area (Å²) in [6.45, 7) is 2.15. The molecule has 10 nitrogen and oxygen atoms in total. The largest absolute Gasteiger partial charge is 0.309 e. The van der Waals surface area contributed by atoms with Crippen LogP contribution in [-0.4, -0.2) is 48.2 Å². The van der Waals surface area contributed by atoms with Crippen LogP contribution in [0.3, 0.4) is 0 Å². The number of hydrogen-bond acceptors (Lipinski definition) is 6. The number of nitrogens with zero attached hydrogens (tertiary/aromatic N) is 10. The van der Waals surface area contributed by atoms with Gasteiger partial charge in [-0.25, -0.2) is 9.97 Å². The second-order valence-corrected chi connectivity index (χ2v) is 26.1. The lowest BCUT2D eigenvalue weighted by Gasteiger charge is -2.13.